The molecule has 8 heteroatoms. The van der Waals surface area contributed by atoms with Gasteiger partial charge in [0.25, 0.3) is 0 Å². The van der Waals surface area contributed by atoms with Gasteiger partial charge in [0.15, 0.2) is 0 Å². The molecule has 0 saturated carbocycles. The third kappa shape index (κ3) is 4.53. The number of hydrogen-bond donors (Lipinski definition) is 3. The number of rotatable bonds is 6. The monoisotopic (exact) mass is 333 g/mol. The Labute approximate surface area is 130 Å². The van der Waals surface area contributed by atoms with Crippen LogP contribution in [0.1, 0.15) is 23.5 Å². The van der Waals surface area contributed by atoms with Gasteiger partial charge in [-0.25, -0.2) is 4.79 Å². The predicted octanol–water partition coefficient (Wildman–Crippen LogP) is 1.90. The highest BCUT2D eigenvalue weighted by Gasteiger charge is 2.34. The molecule has 1 aromatic rings. The highest BCUT2D eigenvalue weighted by Crippen LogP contribution is 2.30. The van der Waals surface area contributed by atoms with E-state index in [9.17, 15) is 14.4 Å². The molecule has 1 atom stereocenters. The summed E-state index contributed by atoms with van der Waals surface area (Å²) in [6.45, 7) is 3.16. The summed E-state index contributed by atoms with van der Waals surface area (Å²) in [5, 5.41) is 12.8. The molecule has 0 aromatic carbocycles. The lowest BCUT2D eigenvalue weighted by Crippen LogP contribution is -2.49. The molecule has 0 aliphatic carbocycles. The minimum Gasteiger partial charge on any atom is -0.480 e. The fraction of sp³-hybridized carbons (Fsp3) is 0.417. The highest BCUT2D eigenvalue weighted by molar-refractivity contribution is 8.16. The zero-order chi connectivity index (χ0) is 15.3. The maximum Gasteiger partial charge on any atom is 0.327 e. The number of thiophene rings is 1. The lowest BCUT2D eigenvalue weighted by atomic mass is 10.2. The van der Waals surface area contributed by atoms with Gasteiger partial charge in [0, 0.05) is 5.75 Å². The van der Waals surface area contributed by atoms with E-state index >= 15 is 0 Å². The first-order valence-corrected chi connectivity index (χ1v) is 8.02. The fourth-order valence-corrected chi connectivity index (χ4v) is 3.10. The first-order valence-electron chi connectivity index (χ1n) is 5.69. The summed E-state index contributed by atoms with van der Waals surface area (Å²) in [6.07, 6.45) is 0. The second-order valence-electron chi connectivity index (χ2n) is 4.42. The van der Waals surface area contributed by atoms with E-state index in [0.29, 0.717) is 4.88 Å². The van der Waals surface area contributed by atoms with Crippen molar-refractivity contribution in [2.24, 2.45) is 0 Å². The Morgan fingerprint density at radius 2 is 2.15 bits per heavy atom. The van der Waals surface area contributed by atoms with Gasteiger partial charge >= 0.3 is 5.97 Å². The van der Waals surface area contributed by atoms with Crippen molar-refractivity contribution in [3.8, 4) is 0 Å². The van der Waals surface area contributed by atoms with E-state index in [1.54, 1.807) is 31.4 Å². The van der Waals surface area contributed by atoms with Crippen molar-refractivity contribution < 1.29 is 19.5 Å². The van der Waals surface area contributed by atoms with Crippen LogP contribution in [0.25, 0.3) is 0 Å². The second kappa shape index (κ2) is 7.14. The van der Waals surface area contributed by atoms with E-state index in [1.807, 2.05) is 0 Å². The number of thioether (sulfide) groups is 1. The van der Waals surface area contributed by atoms with Crippen molar-refractivity contribution >= 4 is 52.7 Å². The van der Waals surface area contributed by atoms with Crippen LogP contribution in [0, 0.1) is 0 Å². The van der Waals surface area contributed by atoms with Crippen molar-refractivity contribution in [2.45, 2.75) is 24.6 Å². The third-order valence-electron chi connectivity index (χ3n) is 2.40. The molecule has 5 nitrogen and oxygen atoms in total. The summed E-state index contributed by atoms with van der Waals surface area (Å²) in [6, 6.07) is 2.37. The van der Waals surface area contributed by atoms with Gasteiger partial charge < -0.3 is 10.4 Å². The zero-order valence-corrected chi connectivity index (χ0v) is 13.5. The van der Waals surface area contributed by atoms with E-state index in [2.05, 4.69) is 17.9 Å². The van der Waals surface area contributed by atoms with Gasteiger partial charge in [0.05, 0.1) is 9.62 Å². The summed E-state index contributed by atoms with van der Waals surface area (Å²) in [4.78, 5) is 35.5. The Balaban J connectivity index is 2.70. The average molecular weight is 333 g/mol. The molecule has 110 valence electrons. The molecule has 0 fully saturated rings. The number of aliphatic carboxylic acids is 1. The van der Waals surface area contributed by atoms with Crippen molar-refractivity contribution in [2.75, 3.05) is 5.75 Å². The van der Waals surface area contributed by atoms with Crippen LogP contribution in [0.3, 0.4) is 0 Å². The van der Waals surface area contributed by atoms with E-state index in [4.69, 9.17) is 5.11 Å². The summed E-state index contributed by atoms with van der Waals surface area (Å²) >= 11 is 6.05. The van der Waals surface area contributed by atoms with Gasteiger partial charge in [-0.3, -0.25) is 9.59 Å². The lowest BCUT2D eigenvalue weighted by molar-refractivity contribution is -0.141. The number of carboxylic acids is 1. The van der Waals surface area contributed by atoms with E-state index in [-0.39, 0.29) is 10.9 Å². The molecule has 1 rings (SSSR count). The SMILES string of the molecule is CC(C)(SC(=O)c1cccs1)C(=O)N[C@@H](CS)C(=O)O. The molecule has 1 aromatic heterocycles. The Kier molecular flexibility index (Phi) is 6.09. The first kappa shape index (κ1) is 17.1. The normalized spacial score (nSPS) is 12.8. The van der Waals surface area contributed by atoms with E-state index in [1.165, 1.54) is 11.3 Å². The van der Waals surface area contributed by atoms with Crippen LogP contribution in [0.5, 0.6) is 0 Å². The van der Waals surface area contributed by atoms with Gasteiger partial charge in [-0.2, -0.15) is 12.6 Å². The minimum absolute atomic E-state index is 0.0132. The van der Waals surface area contributed by atoms with Crippen LogP contribution in [0.2, 0.25) is 0 Å². The van der Waals surface area contributed by atoms with Gasteiger partial charge in [0.2, 0.25) is 11.0 Å². The zero-order valence-electron chi connectivity index (χ0n) is 11.0. The standard InChI is InChI=1S/C12H15NO4S3/c1-12(2,11(17)13-7(6-18)9(14)15)20-10(16)8-4-3-5-19-8/h3-5,7,18H,6H2,1-2H3,(H,13,17)(H,14,15)/t7-/m0/s1. The van der Waals surface area contributed by atoms with Crippen LogP contribution < -0.4 is 5.32 Å². The van der Waals surface area contributed by atoms with Gasteiger partial charge in [-0.1, -0.05) is 17.8 Å². The predicted molar refractivity (Wildman–Crippen MR) is 83.7 cm³/mol. The van der Waals surface area contributed by atoms with E-state index in [0.717, 1.165) is 11.8 Å². The molecule has 0 radical (unpaired) electrons. The second-order valence-corrected chi connectivity index (χ2v) is 7.33. The van der Waals surface area contributed by atoms with Crippen LogP contribution in [-0.4, -0.2) is 38.6 Å². The molecule has 2 N–H and O–H groups in total. The van der Waals surface area contributed by atoms with E-state index < -0.39 is 22.7 Å². The average Bonchev–Trinajstić information content (AvgIpc) is 2.88. The molecule has 0 aliphatic rings. The van der Waals surface area contributed by atoms with Crippen molar-refractivity contribution in [1.82, 2.24) is 5.32 Å². The third-order valence-corrected chi connectivity index (χ3v) is 4.87. The molecule has 0 spiro atoms. The minimum atomic E-state index is -1.15. The molecule has 0 unspecified atom stereocenters. The maximum atomic E-state index is 12.1. The number of thiol groups is 1. The number of nitrogens with one attached hydrogen (secondary N) is 1. The molecule has 0 aliphatic heterocycles. The molecule has 1 amide bonds. The smallest absolute Gasteiger partial charge is 0.327 e. The molecule has 1 heterocycles. The Morgan fingerprint density at radius 1 is 1.50 bits per heavy atom. The van der Waals surface area contributed by atoms with Crippen LogP contribution in [0.15, 0.2) is 17.5 Å². The number of carbonyl (C=O) groups is 3. The molecule has 20 heavy (non-hydrogen) atoms. The Morgan fingerprint density at radius 3 is 2.60 bits per heavy atom. The van der Waals surface area contributed by atoms with Gasteiger partial charge in [-0.05, 0) is 25.3 Å². The van der Waals surface area contributed by atoms with Crippen LogP contribution >= 0.6 is 35.7 Å². The largest absolute Gasteiger partial charge is 0.480 e. The fourth-order valence-electron chi connectivity index (χ4n) is 1.24. The number of carboxylic acid groups (broad SMARTS) is 1. The quantitative estimate of drug-likeness (QED) is 0.693. The molecular formula is C12H15NO4S3. The lowest BCUT2D eigenvalue weighted by Gasteiger charge is -2.23. The number of hydrogen-bond acceptors (Lipinski definition) is 6. The van der Waals surface area contributed by atoms with Crippen molar-refractivity contribution in [3.05, 3.63) is 22.4 Å². The summed E-state index contributed by atoms with van der Waals surface area (Å²) < 4.78 is -1.06. The van der Waals surface area contributed by atoms with Gasteiger partial charge in [-0.15, -0.1) is 11.3 Å². The number of amides is 1. The van der Waals surface area contributed by atoms with Crippen molar-refractivity contribution in [1.29, 1.82) is 0 Å². The molecule has 0 saturated heterocycles. The first-order chi connectivity index (χ1) is 9.27. The summed E-state index contributed by atoms with van der Waals surface area (Å²) in [5.74, 6) is -1.67. The molecule has 0 bridgehead atoms. The van der Waals surface area contributed by atoms with Crippen LogP contribution in [0.4, 0.5) is 0 Å². The van der Waals surface area contributed by atoms with Crippen LogP contribution in [-0.2, 0) is 9.59 Å². The summed E-state index contributed by atoms with van der Waals surface area (Å²) in [5.41, 5.74) is 0. The summed E-state index contributed by atoms with van der Waals surface area (Å²) in [7, 11) is 0. The van der Waals surface area contributed by atoms with Crippen molar-refractivity contribution in [3.63, 3.8) is 0 Å². The maximum absolute atomic E-state index is 12.1. The Bertz CT molecular complexity index is 499. The topological polar surface area (TPSA) is 83.5 Å². The molecular weight excluding hydrogens is 318 g/mol. The Hall–Kier alpha value is -0.990. The van der Waals surface area contributed by atoms with Gasteiger partial charge in [0.1, 0.15) is 6.04 Å². The number of carbonyl (C=O) groups excluding carboxylic acids is 2. The highest BCUT2D eigenvalue weighted by atomic mass is 32.2.